The van der Waals surface area contributed by atoms with Crippen molar-refractivity contribution in [3.8, 4) is 5.75 Å². The number of aryl methyl sites for hydroxylation is 2. The number of aromatic nitrogens is 2. The molecule has 0 aliphatic rings. The number of carboxylic acids is 1. The molecule has 0 saturated heterocycles. The molecule has 4 aromatic rings. The van der Waals surface area contributed by atoms with Gasteiger partial charge < -0.3 is 25.6 Å². The normalized spacial score (nSPS) is 10.9. The van der Waals surface area contributed by atoms with E-state index in [9.17, 15) is 31.5 Å². The highest BCUT2D eigenvalue weighted by molar-refractivity contribution is 6.05. The first-order valence-electron chi connectivity index (χ1n) is 11.9. The molecule has 0 saturated carbocycles. The van der Waals surface area contributed by atoms with Crippen LogP contribution in [-0.4, -0.2) is 43.7 Å². The molecule has 0 fully saturated rings. The number of hydrogen-bond donors (Lipinski definition) is 4. The van der Waals surface area contributed by atoms with Gasteiger partial charge in [0.2, 0.25) is 0 Å². The minimum absolute atomic E-state index is 0.0155. The van der Waals surface area contributed by atoms with E-state index in [1.165, 1.54) is 6.07 Å². The Hall–Kier alpha value is -5.21. The van der Waals surface area contributed by atoms with Gasteiger partial charge in [-0.1, -0.05) is 24.3 Å². The number of aliphatic carboxylic acids is 1. The van der Waals surface area contributed by atoms with Crippen LogP contribution in [0.5, 0.6) is 5.75 Å². The quantitative estimate of drug-likeness (QED) is 0.208. The van der Waals surface area contributed by atoms with Crippen LogP contribution in [0, 0.1) is 25.5 Å². The van der Waals surface area contributed by atoms with Gasteiger partial charge in [0.15, 0.2) is 11.4 Å². The Bertz CT molecular complexity index is 1620. The number of nitrogens with zero attached hydrogens (tertiary/aromatic N) is 2. The zero-order valence-electron chi connectivity index (χ0n) is 21.9. The predicted molar refractivity (Wildman–Crippen MR) is 138 cm³/mol. The summed E-state index contributed by atoms with van der Waals surface area (Å²) in [4.78, 5) is 37.5. The van der Waals surface area contributed by atoms with E-state index in [2.05, 4.69) is 15.6 Å². The maximum Gasteiger partial charge on any atom is 0.490 e. The molecule has 42 heavy (non-hydrogen) atoms. The molecule has 0 aliphatic carbocycles. The van der Waals surface area contributed by atoms with Gasteiger partial charge in [0.1, 0.15) is 23.9 Å². The van der Waals surface area contributed by atoms with Crippen LogP contribution in [0.4, 0.5) is 32.4 Å². The molecule has 2 aromatic heterocycles. The van der Waals surface area contributed by atoms with Crippen LogP contribution in [0.3, 0.4) is 0 Å². The number of ether oxygens (including phenoxy) is 1. The number of fused-ring (bicyclic) bond motifs is 1. The standard InChI is InChI=1S/C25H22F2N4O4.C2HF3O2/c1-14-10-21(35-13-17-18(26)7-5-8-19(17)27)23-29-15(2)22(31(23)12-14)24(32)30-20-9-4-3-6-16(20)11-28-25(33)34;3-2(4,5)1(6)7/h3-10,12,28H,11,13H2,1-2H3,(H,30,32)(H,33,34);(H,6,7). The van der Waals surface area contributed by atoms with Crippen molar-refractivity contribution in [3.63, 3.8) is 0 Å². The predicted octanol–water partition coefficient (Wildman–Crippen LogP) is 5.46. The van der Waals surface area contributed by atoms with Crippen molar-refractivity contribution in [1.29, 1.82) is 0 Å². The van der Waals surface area contributed by atoms with Crippen LogP contribution in [0.1, 0.15) is 32.9 Å². The number of alkyl halides is 3. The van der Waals surface area contributed by atoms with Crippen molar-refractivity contribution in [1.82, 2.24) is 14.7 Å². The zero-order valence-corrected chi connectivity index (χ0v) is 21.9. The number of hydrogen-bond acceptors (Lipinski definition) is 5. The van der Waals surface area contributed by atoms with Crippen LogP contribution < -0.4 is 15.4 Å². The first-order valence-corrected chi connectivity index (χ1v) is 11.9. The molecule has 2 aromatic carbocycles. The molecule has 0 bridgehead atoms. The summed E-state index contributed by atoms with van der Waals surface area (Å²) in [6, 6.07) is 12.1. The fraction of sp³-hybridized carbons (Fsp3) is 0.185. The monoisotopic (exact) mass is 594 g/mol. The van der Waals surface area contributed by atoms with E-state index >= 15 is 0 Å². The number of nitrogens with one attached hydrogen (secondary N) is 2. The first-order chi connectivity index (χ1) is 19.7. The lowest BCUT2D eigenvalue weighted by Gasteiger charge is -2.13. The molecule has 2 amide bonds. The van der Waals surface area contributed by atoms with Crippen LogP contribution in [0.15, 0.2) is 54.7 Å². The average molecular weight is 594 g/mol. The second-order valence-corrected chi connectivity index (χ2v) is 8.68. The summed E-state index contributed by atoms with van der Waals surface area (Å²) >= 11 is 0. The SMILES string of the molecule is Cc1cc(OCc2c(F)cccc2F)c2nc(C)c(C(=O)Nc3ccccc3CNC(=O)O)n2c1.O=C(O)C(F)(F)F. The maximum atomic E-state index is 14.0. The number of benzene rings is 2. The molecule has 0 atom stereocenters. The van der Waals surface area contributed by atoms with Crippen molar-refractivity contribution in [2.75, 3.05) is 5.32 Å². The van der Waals surface area contributed by atoms with Crippen molar-refractivity contribution in [2.24, 2.45) is 0 Å². The maximum absolute atomic E-state index is 14.0. The lowest BCUT2D eigenvalue weighted by atomic mass is 10.1. The topological polar surface area (TPSA) is 142 Å². The minimum Gasteiger partial charge on any atom is -0.485 e. The number of pyridine rings is 1. The Balaban J connectivity index is 0.000000616. The van der Waals surface area contributed by atoms with Gasteiger partial charge in [-0.2, -0.15) is 13.2 Å². The molecule has 2 heterocycles. The molecule has 222 valence electrons. The Kier molecular flexibility index (Phi) is 9.67. The van der Waals surface area contributed by atoms with Crippen LogP contribution >= 0.6 is 0 Å². The molecular formula is C27H23F5N4O6. The van der Waals surface area contributed by atoms with Gasteiger partial charge >= 0.3 is 18.2 Å². The first kappa shape index (κ1) is 31.3. The number of amides is 2. The van der Waals surface area contributed by atoms with Gasteiger partial charge in [0.05, 0.1) is 11.3 Å². The van der Waals surface area contributed by atoms with Gasteiger partial charge in [-0.25, -0.2) is 23.4 Å². The van der Waals surface area contributed by atoms with Crippen molar-refractivity contribution in [3.05, 3.63) is 94.4 Å². The molecule has 0 radical (unpaired) electrons. The zero-order chi connectivity index (χ0) is 31.2. The fourth-order valence-corrected chi connectivity index (χ4v) is 3.71. The number of anilines is 1. The van der Waals surface area contributed by atoms with Gasteiger partial charge in [0, 0.05) is 18.4 Å². The van der Waals surface area contributed by atoms with Gasteiger partial charge in [0.25, 0.3) is 5.91 Å². The number of rotatable bonds is 7. The molecule has 15 heteroatoms. The van der Waals surface area contributed by atoms with E-state index in [1.807, 2.05) is 0 Å². The lowest BCUT2D eigenvalue weighted by molar-refractivity contribution is -0.192. The highest BCUT2D eigenvalue weighted by Gasteiger charge is 2.38. The molecular weight excluding hydrogens is 571 g/mol. The summed E-state index contributed by atoms with van der Waals surface area (Å²) in [5.41, 5.74) is 2.53. The third-order valence-electron chi connectivity index (χ3n) is 5.58. The van der Waals surface area contributed by atoms with Crippen molar-refractivity contribution in [2.45, 2.75) is 33.2 Å². The lowest BCUT2D eigenvalue weighted by Crippen LogP contribution is -2.22. The van der Waals surface area contributed by atoms with Gasteiger partial charge in [-0.15, -0.1) is 0 Å². The number of imidazole rings is 1. The Labute approximate surface area is 234 Å². The molecule has 4 N–H and O–H groups in total. The smallest absolute Gasteiger partial charge is 0.485 e. The van der Waals surface area contributed by atoms with E-state index in [4.69, 9.17) is 19.7 Å². The van der Waals surface area contributed by atoms with Crippen molar-refractivity contribution < 1.29 is 51.3 Å². The van der Waals surface area contributed by atoms with E-state index in [1.54, 1.807) is 54.8 Å². The highest BCUT2D eigenvalue weighted by Crippen LogP contribution is 2.27. The van der Waals surface area contributed by atoms with Crippen LogP contribution in [0.2, 0.25) is 0 Å². The highest BCUT2D eigenvalue weighted by atomic mass is 19.4. The summed E-state index contributed by atoms with van der Waals surface area (Å²) in [7, 11) is 0. The number of carbonyl (C=O) groups is 3. The molecule has 4 rings (SSSR count). The number of para-hydroxylation sites is 1. The third-order valence-corrected chi connectivity index (χ3v) is 5.58. The minimum atomic E-state index is -5.08. The molecule has 0 unspecified atom stereocenters. The summed E-state index contributed by atoms with van der Waals surface area (Å²) in [5.74, 6) is -4.39. The van der Waals surface area contributed by atoms with E-state index in [0.717, 1.165) is 17.7 Å². The molecule has 0 aliphatic heterocycles. The van der Waals surface area contributed by atoms with Gasteiger partial charge in [-0.3, -0.25) is 9.20 Å². The number of carbonyl (C=O) groups excluding carboxylic acids is 1. The molecule has 0 spiro atoms. The average Bonchev–Trinajstić information content (AvgIpc) is 3.23. The van der Waals surface area contributed by atoms with E-state index in [0.29, 0.717) is 22.6 Å². The summed E-state index contributed by atoms with van der Waals surface area (Å²) in [6.07, 6.45) is -4.55. The summed E-state index contributed by atoms with van der Waals surface area (Å²) in [5, 5.41) is 21.1. The van der Waals surface area contributed by atoms with Crippen molar-refractivity contribution >= 4 is 29.3 Å². The van der Waals surface area contributed by atoms with E-state index < -0.39 is 35.8 Å². The summed E-state index contributed by atoms with van der Waals surface area (Å²) in [6.45, 7) is 3.12. The Morgan fingerprint density at radius 2 is 1.62 bits per heavy atom. The van der Waals surface area contributed by atoms with E-state index in [-0.39, 0.29) is 30.2 Å². The fourth-order valence-electron chi connectivity index (χ4n) is 3.71. The molecule has 10 nitrogen and oxygen atoms in total. The van der Waals surface area contributed by atoms with Gasteiger partial charge in [-0.05, 0) is 49.2 Å². The number of carboxylic acid groups (broad SMARTS) is 2. The Morgan fingerprint density at radius 1 is 1.00 bits per heavy atom. The van der Waals surface area contributed by atoms with Crippen LogP contribution in [0.25, 0.3) is 5.65 Å². The van der Waals surface area contributed by atoms with Crippen LogP contribution in [-0.2, 0) is 17.9 Å². The second-order valence-electron chi connectivity index (χ2n) is 8.68. The third kappa shape index (κ3) is 7.71. The number of halogens is 5. The Morgan fingerprint density at radius 3 is 2.21 bits per heavy atom. The summed E-state index contributed by atoms with van der Waals surface area (Å²) < 4.78 is 67.1. The second kappa shape index (κ2) is 13.0. The largest absolute Gasteiger partial charge is 0.490 e.